The van der Waals surface area contributed by atoms with E-state index in [4.69, 9.17) is 4.74 Å². The monoisotopic (exact) mass is 313 g/mol. The second-order valence-corrected chi connectivity index (χ2v) is 4.55. The van der Waals surface area contributed by atoms with Crippen molar-refractivity contribution in [2.45, 2.75) is 19.1 Å². The van der Waals surface area contributed by atoms with Gasteiger partial charge in [0, 0.05) is 11.8 Å². The Morgan fingerprint density at radius 2 is 2.00 bits per heavy atom. The highest BCUT2D eigenvalue weighted by atomic mass is 19.4. The van der Waals surface area contributed by atoms with Gasteiger partial charge in [0.15, 0.2) is 0 Å². The third-order valence-corrected chi connectivity index (χ3v) is 2.99. The zero-order chi connectivity index (χ0) is 16.3. The normalized spacial score (nSPS) is 12.8. The van der Waals surface area contributed by atoms with Crippen LogP contribution in [0.5, 0.6) is 11.5 Å². The molecule has 1 atom stereocenters. The van der Waals surface area contributed by atoms with Crippen LogP contribution < -0.4 is 10.1 Å². The molecule has 0 aliphatic heterocycles. The first-order valence-electron chi connectivity index (χ1n) is 6.35. The molecule has 1 unspecified atom stereocenters. The predicted octanol–water partition coefficient (Wildman–Crippen LogP) is 3.38. The van der Waals surface area contributed by atoms with E-state index in [9.17, 15) is 18.3 Å². The summed E-state index contributed by atoms with van der Waals surface area (Å²) in [6.45, 7) is 1.66. The highest BCUT2D eigenvalue weighted by molar-refractivity contribution is 5.44. The highest BCUT2D eigenvalue weighted by Gasteiger charge is 2.32. The van der Waals surface area contributed by atoms with Gasteiger partial charge < -0.3 is 15.2 Å². The summed E-state index contributed by atoms with van der Waals surface area (Å²) in [6.07, 6.45) is -3.52. The molecule has 0 spiro atoms. The number of phenolic OH excluding ortho intramolecular Hbond substituents is 1. The molecule has 0 saturated carbocycles. The quantitative estimate of drug-likeness (QED) is 0.905. The van der Waals surface area contributed by atoms with Crippen LogP contribution in [0.2, 0.25) is 0 Å². The van der Waals surface area contributed by atoms with E-state index in [0.717, 1.165) is 12.3 Å². The van der Waals surface area contributed by atoms with Crippen molar-refractivity contribution < 1.29 is 23.0 Å². The number of nitrogens with zero attached hydrogens (tertiary/aromatic N) is 2. The van der Waals surface area contributed by atoms with Gasteiger partial charge in [-0.3, -0.25) is 0 Å². The summed E-state index contributed by atoms with van der Waals surface area (Å²) in [5.74, 6) is 0.337. The van der Waals surface area contributed by atoms with E-state index in [0.29, 0.717) is 11.3 Å². The standard InChI is InChI=1S/C14H14F3N3O2/c1-8(10-7-9(22-2)3-4-11(10)21)19-13-18-6-5-12(20-13)14(15,16)17/h3-8,21H,1-2H3,(H,18,19,20). The fraction of sp³-hybridized carbons (Fsp3) is 0.286. The maximum Gasteiger partial charge on any atom is 0.433 e. The number of rotatable bonds is 4. The van der Waals surface area contributed by atoms with Gasteiger partial charge in [0.1, 0.15) is 17.2 Å². The van der Waals surface area contributed by atoms with Crippen LogP contribution in [0.1, 0.15) is 24.2 Å². The molecule has 1 heterocycles. The molecule has 2 rings (SSSR count). The summed E-state index contributed by atoms with van der Waals surface area (Å²) in [5, 5.41) is 12.6. The molecule has 0 saturated heterocycles. The molecule has 1 aromatic carbocycles. The molecular weight excluding hydrogens is 299 g/mol. The number of aromatic hydroxyl groups is 1. The number of anilines is 1. The minimum atomic E-state index is -4.54. The van der Waals surface area contributed by atoms with Gasteiger partial charge in [-0.05, 0) is 31.2 Å². The van der Waals surface area contributed by atoms with Gasteiger partial charge in [0.2, 0.25) is 5.95 Å². The zero-order valence-electron chi connectivity index (χ0n) is 11.8. The molecule has 22 heavy (non-hydrogen) atoms. The van der Waals surface area contributed by atoms with Crippen LogP contribution >= 0.6 is 0 Å². The number of hydrogen-bond acceptors (Lipinski definition) is 5. The summed E-state index contributed by atoms with van der Waals surface area (Å²) in [7, 11) is 1.48. The average molecular weight is 313 g/mol. The van der Waals surface area contributed by atoms with Crippen LogP contribution in [0.25, 0.3) is 0 Å². The van der Waals surface area contributed by atoms with Crippen LogP contribution in [0.15, 0.2) is 30.5 Å². The number of nitrogens with one attached hydrogen (secondary N) is 1. The van der Waals surface area contributed by atoms with Crippen molar-refractivity contribution in [3.63, 3.8) is 0 Å². The highest BCUT2D eigenvalue weighted by Crippen LogP contribution is 2.31. The van der Waals surface area contributed by atoms with Crippen molar-refractivity contribution in [3.05, 3.63) is 41.7 Å². The second-order valence-electron chi connectivity index (χ2n) is 4.55. The number of aromatic nitrogens is 2. The summed E-state index contributed by atoms with van der Waals surface area (Å²) >= 11 is 0. The van der Waals surface area contributed by atoms with Gasteiger partial charge in [0.25, 0.3) is 0 Å². The average Bonchev–Trinajstić information content (AvgIpc) is 2.47. The van der Waals surface area contributed by atoms with Gasteiger partial charge in [-0.25, -0.2) is 9.97 Å². The molecule has 1 aromatic heterocycles. The van der Waals surface area contributed by atoms with Gasteiger partial charge >= 0.3 is 6.18 Å². The van der Waals surface area contributed by atoms with E-state index in [1.165, 1.54) is 13.2 Å². The summed E-state index contributed by atoms with van der Waals surface area (Å²) in [4.78, 5) is 7.18. The Labute approximate surface area is 124 Å². The lowest BCUT2D eigenvalue weighted by atomic mass is 10.1. The molecule has 0 bridgehead atoms. The molecule has 2 aromatic rings. The molecule has 2 N–H and O–H groups in total. The number of methoxy groups -OCH3 is 1. The lowest BCUT2D eigenvalue weighted by Gasteiger charge is -2.17. The van der Waals surface area contributed by atoms with Crippen molar-refractivity contribution in [2.75, 3.05) is 12.4 Å². The van der Waals surface area contributed by atoms with Crippen molar-refractivity contribution in [1.29, 1.82) is 0 Å². The minimum absolute atomic E-state index is 0.00669. The Kier molecular flexibility index (Phi) is 4.39. The van der Waals surface area contributed by atoms with Gasteiger partial charge in [-0.2, -0.15) is 13.2 Å². The van der Waals surface area contributed by atoms with Crippen LogP contribution in [-0.4, -0.2) is 22.2 Å². The van der Waals surface area contributed by atoms with Crippen molar-refractivity contribution in [2.24, 2.45) is 0 Å². The fourth-order valence-electron chi connectivity index (χ4n) is 1.86. The molecule has 0 fully saturated rings. The number of halogens is 3. The van der Waals surface area contributed by atoms with E-state index in [2.05, 4.69) is 15.3 Å². The van der Waals surface area contributed by atoms with Crippen LogP contribution in [-0.2, 0) is 6.18 Å². The number of benzene rings is 1. The third-order valence-electron chi connectivity index (χ3n) is 2.99. The largest absolute Gasteiger partial charge is 0.508 e. The van der Waals surface area contributed by atoms with Crippen molar-refractivity contribution >= 4 is 5.95 Å². The molecule has 0 aliphatic rings. The van der Waals surface area contributed by atoms with Crippen LogP contribution in [0.4, 0.5) is 19.1 Å². The first-order valence-corrected chi connectivity index (χ1v) is 6.35. The Bertz CT molecular complexity index is 662. The van der Waals surface area contributed by atoms with Crippen LogP contribution in [0.3, 0.4) is 0 Å². The molecule has 5 nitrogen and oxygen atoms in total. The molecule has 118 valence electrons. The first-order chi connectivity index (χ1) is 10.3. The van der Waals surface area contributed by atoms with Crippen LogP contribution in [0, 0.1) is 0 Å². The SMILES string of the molecule is COc1ccc(O)c(C(C)Nc2nccc(C(F)(F)F)n2)c1. The number of alkyl halides is 3. The van der Waals surface area contributed by atoms with Crippen molar-refractivity contribution in [1.82, 2.24) is 9.97 Å². The number of hydrogen-bond donors (Lipinski definition) is 2. The Morgan fingerprint density at radius 1 is 1.27 bits per heavy atom. The second kappa shape index (κ2) is 6.08. The number of phenols is 1. The topological polar surface area (TPSA) is 67.3 Å². The van der Waals surface area contributed by atoms with Gasteiger partial charge in [-0.1, -0.05) is 0 Å². The lowest BCUT2D eigenvalue weighted by Crippen LogP contribution is -2.14. The summed E-state index contributed by atoms with van der Waals surface area (Å²) < 4.78 is 42.9. The van der Waals surface area contributed by atoms with E-state index < -0.39 is 17.9 Å². The lowest BCUT2D eigenvalue weighted by molar-refractivity contribution is -0.141. The molecule has 0 aliphatic carbocycles. The molecule has 0 radical (unpaired) electrons. The predicted molar refractivity (Wildman–Crippen MR) is 73.7 cm³/mol. The van der Waals surface area contributed by atoms with E-state index in [-0.39, 0.29) is 11.7 Å². The van der Waals surface area contributed by atoms with Gasteiger partial charge in [0.05, 0.1) is 13.2 Å². The maximum absolute atomic E-state index is 12.6. The third kappa shape index (κ3) is 3.57. The zero-order valence-corrected chi connectivity index (χ0v) is 11.8. The Balaban J connectivity index is 2.24. The fourth-order valence-corrected chi connectivity index (χ4v) is 1.86. The first kappa shape index (κ1) is 15.9. The summed E-state index contributed by atoms with van der Waals surface area (Å²) in [5.41, 5.74) is -0.576. The molecular formula is C14H14F3N3O2. The summed E-state index contributed by atoms with van der Waals surface area (Å²) in [6, 6.07) is 4.88. The Hall–Kier alpha value is -2.51. The molecule has 8 heteroatoms. The number of ether oxygens (including phenoxy) is 1. The van der Waals surface area contributed by atoms with E-state index in [1.807, 2.05) is 0 Å². The van der Waals surface area contributed by atoms with Gasteiger partial charge in [-0.15, -0.1) is 0 Å². The smallest absolute Gasteiger partial charge is 0.433 e. The molecule has 0 amide bonds. The van der Waals surface area contributed by atoms with E-state index >= 15 is 0 Å². The van der Waals surface area contributed by atoms with E-state index in [1.54, 1.807) is 19.1 Å². The minimum Gasteiger partial charge on any atom is -0.508 e. The maximum atomic E-state index is 12.6. The van der Waals surface area contributed by atoms with Crippen molar-refractivity contribution in [3.8, 4) is 11.5 Å². The Morgan fingerprint density at radius 3 is 2.64 bits per heavy atom.